The standard InChI is InChI=1S/C27H23F6N3O4S2/c28-26(29,30)24-19(7-9-23(37)36-11-13-40-14-12-36)6-8-22(25(24)27(31,32)33)41-21-5-1-4-20(15-21)35-42(38,39)17-18-3-2-10-34-16-18/h1-10,15-16,35H,11-14,17H2/b9-7+. The normalized spacial score (nSPS) is 14.8. The molecule has 0 atom stereocenters. The van der Waals surface area contributed by atoms with Crippen LogP contribution in [0, 0.1) is 0 Å². The van der Waals surface area contributed by atoms with Gasteiger partial charge in [0.1, 0.15) is 0 Å². The van der Waals surface area contributed by atoms with Crippen molar-refractivity contribution in [3.63, 3.8) is 0 Å². The Labute approximate surface area is 241 Å². The molecule has 1 saturated heterocycles. The summed E-state index contributed by atoms with van der Waals surface area (Å²) in [6, 6.07) is 10.1. The highest BCUT2D eigenvalue weighted by Crippen LogP contribution is 2.48. The number of ether oxygens (including phenoxy) is 1. The summed E-state index contributed by atoms with van der Waals surface area (Å²) >= 11 is 0.393. The maximum absolute atomic E-state index is 14.2. The number of halogens is 6. The Morgan fingerprint density at radius 2 is 1.71 bits per heavy atom. The Morgan fingerprint density at radius 1 is 1.00 bits per heavy atom. The molecule has 0 bridgehead atoms. The molecular formula is C27H23F6N3O4S2. The molecule has 7 nitrogen and oxygen atoms in total. The molecule has 0 spiro atoms. The molecular weight excluding hydrogens is 608 g/mol. The molecule has 1 fully saturated rings. The maximum Gasteiger partial charge on any atom is 0.418 e. The molecule has 3 aromatic rings. The quantitative estimate of drug-likeness (QED) is 0.240. The number of alkyl halides is 6. The van der Waals surface area contributed by atoms with Gasteiger partial charge in [-0.3, -0.25) is 14.5 Å². The van der Waals surface area contributed by atoms with Crippen molar-refractivity contribution >= 4 is 39.5 Å². The number of hydrogen-bond acceptors (Lipinski definition) is 6. The van der Waals surface area contributed by atoms with E-state index in [1.165, 1.54) is 41.6 Å². The number of carbonyl (C=O) groups excluding carboxylic acids is 1. The molecule has 224 valence electrons. The fraction of sp³-hybridized carbons (Fsp3) is 0.259. The van der Waals surface area contributed by atoms with E-state index in [-0.39, 0.29) is 36.9 Å². The minimum atomic E-state index is -5.41. The van der Waals surface area contributed by atoms with E-state index in [9.17, 15) is 39.6 Å². The second-order valence-corrected chi connectivity index (χ2v) is 11.9. The number of sulfonamides is 1. The number of amides is 1. The van der Waals surface area contributed by atoms with Crippen LogP contribution in [-0.2, 0) is 37.7 Å². The summed E-state index contributed by atoms with van der Waals surface area (Å²) < 4.78 is 118. The molecule has 1 aliphatic rings. The van der Waals surface area contributed by atoms with Crippen molar-refractivity contribution in [1.82, 2.24) is 9.88 Å². The van der Waals surface area contributed by atoms with E-state index >= 15 is 0 Å². The summed E-state index contributed by atoms with van der Waals surface area (Å²) in [7, 11) is -3.94. The topological polar surface area (TPSA) is 88.6 Å². The number of pyridine rings is 1. The molecule has 2 aromatic carbocycles. The van der Waals surface area contributed by atoms with Crippen LogP contribution in [0.4, 0.5) is 32.0 Å². The summed E-state index contributed by atoms with van der Waals surface area (Å²) in [5.41, 5.74) is -4.26. The first-order chi connectivity index (χ1) is 19.7. The van der Waals surface area contributed by atoms with Gasteiger partial charge in [-0.05, 0) is 47.5 Å². The van der Waals surface area contributed by atoms with Crippen LogP contribution in [0.1, 0.15) is 22.3 Å². The zero-order valence-electron chi connectivity index (χ0n) is 21.6. The largest absolute Gasteiger partial charge is 0.418 e. The van der Waals surface area contributed by atoms with Crippen molar-refractivity contribution < 1.29 is 44.3 Å². The molecule has 0 radical (unpaired) electrons. The minimum Gasteiger partial charge on any atom is -0.378 e. The molecule has 1 aromatic heterocycles. The number of rotatable bonds is 8. The van der Waals surface area contributed by atoms with E-state index in [1.807, 2.05) is 0 Å². The van der Waals surface area contributed by atoms with E-state index in [4.69, 9.17) is 4.74 Å². The Balaban J connectivity index is 1.65. The predicted octanol–water partition coefficient (Wildman–Crippen LogP) is 6.08. The SMILES string of the molecule is O=C(/C=C/c1ccc(Sc2cccc(NS(=O)(=O)Cc3cccnc3)c2)c(C(F)(F)F)c1C(F)(F)F)N1CCOCC1. The summed E-state index contributed by atoms with van der Waals surface area (Å²) in [6.45, 7) is 0.893. The Bertz CT molecular complexity index is 1560. The van der Waals surface area contributed by atoms with E-state index in [2.05, 4.69) is 9.71 Å². The van der Waals surface area contributed by atoms with Crippen LogP contribution in [0.15, 0.2) is 76.8 Å². The lowest BCUT2D eigenvalue weighted by molar-refractivity contribution is -0.163. The van der Waals surface area contributed by atoms with Crippen molar-refractivity contribution in [2.24, 2.45) is 0 Å². The molecule has 0 saturated carbocycles. The third-order valence-corrected chi connectivity index (χ3v) is 8.22. The molecule has 1 N–H and O–H groups in total. The first-order valence-electron chi connectivity index (χ1n) is 12.3. The molecule has 0 unspecified atom stereocenters. The van der Waals surface area contributed by atoms with Crippen LogP contribution in [0.2, 0.25) is 0 Å². The Hall–Kier alpha value is -3.56. The van der Waals surface area contributed by atoms with Crippen molar-refractivity contribution in [1.29, 1.82) is 0 Å². The second-order valence-electron chi connectivity index (χ2n) is 9.02. The van der Waals surface area contributed by atoms with Crippen molar-refractivity contribution in [3.05, 3.63) is 89.3 Å². The number of hydrogen-bond donors (Lipinski definition) is 1. The van der Waals surface area contributed by atoms with E-state index in [0.717, 1.165) is 24.3 Å². The number of benzene rings is 2. The summed E-state index contributed by atoms with van der Waals surface area (Å²) in [6.07, 6.45) is -6.45. The van der Waals surface area contributed by atoms with Crippen LogP contribution in [0.5, 0.6) is 0 Å². The Morgan fingerprint density at radius 3 is 2.36 bits per heavy atom. The highest BCUT2D eigenvalue weighted by Gasteiger charge is 2.46. The fourth-order valence-corrected chi connectivity index (χ4v) is 6.34. The van der Waals surface area contributed by atoms with Crippen molar-refractivity contribution in [2.75, 3.05) is 31.0 Å². The van der Waals surface area contributed by atoms with Crippen LogP contribution in [-0.4, -0.2) is 50.5 Å². The van der Waals surface area contributed by atoms with Gasteiger partial charge >= 0.3 is 12.4 Å². The molecule has 0 aliphatic carbocycles. The minimum absolute atomic E-state index is 0.00896. The number of nitrogens with zero attached hydrogens (tertiary/aromatic N) is 2. The highest BCUT2D eigenvalue weighted by molar-refractivity contribution is 7.99. The first-order valence-corrected chi connectivity index (χ1v) is 14.7. The van der Waals surface area contributed by atoms with Crippen molar-refractivity contribution in [2.45, 2.75) is 27.9 Å². The molecule has 1 amide bonds. The van der Waals surface area contributed by atoms with Gasteiger partial charge in [-0.25, -0.2) is 8.42 Å². The number of anilines is 1. The van der Waals surface area contributed by atoms with Gasteiger partial charge in [0, 0.05) is 47.0 Å². The van der Waals surface area contributed by atoms with E-state index in [1.54, 1.807) is 12.1 Å². The monoisotopic (exact) mass is 631 g/mol. The third-order valence-electron chi connectivity index (χ3n) is 5.91. The van der Waals surface area contributed by atoms with Gasteiger partial charge in [-0.2, -0.15) is 26.3 Å². The summed E-state index contributed by atoms with van der Waals surface area (Å²) in [4.78, 5) is 16.8. The Kier molecular flexibility index (Phi) is 9.53. The molecule has 42 heavy (non-hydrogen) atoms. The summed E-state index contributed by atoms with van der Waals surface area (Å²) in [5.74, 6) is -1.07. The van der Waals surface area contributed by atoms with Crippen LogP contribution in [0.25, 0.3) is 6.08 Å². The highest BCUT2D eigenvalue weighted by atomic mass is 32.2. The van der Waals surface area contributed by atoms with Crippen LogP contribution in [0.3, 0.4) is 0 Å². The van der Waals surface area contributed by atoms with Crippen molar-refractivity contribution in [3.8, 4) is 0 Å². The fourth-order valence-electron chi connectivity index (χ4n) is 4.13. The van der Waals surface area contributed by atoms with Gasteiger partial charge in [0.2, 0.25) is 15.9 Å². The molecule has 15 heteroatoms. The average molecular weight is 632 g/mol. The van der Waals surface area contributed by atoms with Gasteiger partial charge in [-0.15, -0.1) is 0 Å². The first kappa shape index (κ1) is 31.4. The third kappa shape index (κ3) is 8.26. The number of carbonyl (C=O) groups is 1. The number of morpholine rings is 1. The molecule has 4 rings (SSSR count). The van der Waals surface area contributed by atoms with Crippen LogP contribution >= 0.6 is 11.8 Å². The predicted molar refractivity (Wildman–Crippen MR) is 144 cm³/mol. The van der Waals surface area contributed by atoms with Gasteiger partial charge in [0.05, 0.1) is 30.1 Å². The zero-order valence-corrected chi connectivity index (χ0v) is 23.2. The van der Waals surface area contributed by atoms with E-state index in [0.29, 0.717) is 17.3 Å². The second kappa shape index (κ2) is 12.8. The van der Waals surface area contributed by atoms with Crippen LogP contribution < -0.4 is 4.72 Å². The van der Waals surface area contributed by atoms with Gasteiger partial charge in [0.25, 0.3) is 0 Å². The summed E-state index contributed by atoms with van der Waals surface area (Å²) in [5, 5.41) is 0. The lowest BCUT2D eigenvalue weighted by Crippen LogP contribution is -2.39. The lowest BCUT2D eigenvalue weighted by atomic mass is 9.99. The molecule has 2 heterocycles. The lowest BCUT2D eigenvalue weighted by Gasteiger charge is -2.25. The zero-order chi connectivity index (χ0) is 30.5. The average Bonchev–Trinajstić information content (AvgIpc) is 2.91. The van der Waals surface area contributed by atoms with Gasteiger partial charge < -0.3 is 9.64 Å². The van der Waals surface area contributed by atoms with Gasteiger partial charge in [-0.1, -0.05) is 30.0 Å². The van der Waals surface area contributed by atoms with E-state index < -0.39 is 55.6 Å². The smallest absolute Gasteiger partial charge is 0.378 e. The van der Waals surface area contributed by atoms with Gasteiger partial charge in [0.15, 0.2) is 0 Å². The maximum atomic E-state index is 14.2. The number of nitrogens with one attached hydrogen (secondary N) is 1. The number of aromatic nitrogens is 1. The molecule has 1 aliphatic heterocycles.